The molecule has 0 unspecified atom stereocenters. The lowest BCUT2D eigenvalue weighted by atomic mass is 9.60. The van der Waals surface area contributed by atoms with Gasteiger partial charge in [0.1, 0.15) is 0 Å². The quantitative estimate of drug-likeness (QED) is 0.711. The average molecular weight is 490 g/mol. The van der Waals surface area contributed by atoms with Gasteiger partial charge >= 0.3 is 12.2 Å². The number of amides is 2. The van der Waals surface area contributed by atoms with Gasteiger partial charge in [-0.25, -0.2) is 14.8 Å². The third kappa shape index (κ3) is 4.91. The van der Waals surface area contributed by atoms with Crippen LogP contribution in [0.1, 0.15) is 37.8 Å². The number of alkyl halides is 3. The van der Waals surface area contributed by atoms with Gasteiger partial charge in [0.15, 0.2) is 0 Å². The van der Waals surface area contributed by atoms with Crippen LogP contribution in [0.4, 0.5) is 23.9 Å². The number of carbonyl (C=O) groups is 1. The second-order valence-electron chi connectivity index (χ2n) is 10.3. The lowest BCUT2D eigenvalue weighted by molar-refractivity contribution is -0.138. The highest BCUT2D eigenvalue weighted by molar-refractivity contribution is 5.76. The van der Waals surface area contributed by atoms with E-state index in [9.17, 15) is 18.0 Å². The van der Waals surface area contributed by atoms with Gasteiger partial charge in [-0.2, -0.15) is 13.2 Å². The molecule has 1 N–H and O–H groups in total. The summed E-state index contributed by atoms with van der Waals surface area (Å²) in [7, 11) is 0. The Morgan fingerprint density at radius 1 is 1.09 bits per heavy atom. The van der Waals surface area contributed by atoms with Crippen LogP contribution in [0.5, 0.6) is 0 Å². The van der Waals surface area contributed by atoms with Crippen molar-refractivity contribution in [2.45, 2.75) is 57.5 Å². The molecule has 2 atom stereocenters. The monoisotopic (exact) mass is 489 g/mol. The number of likely N-dealkylation sites (tertiary alicyclic amines) is 1. The van der Waals surface area contributed by atoms with Gasteiger partial charge < -0.3 is 15.1 Å². The molecule has 5 rings (SSSR count). The van der Waals surface area contributed by atoms with E-state index in [4.69, 9.17) is 0 Å². The minimum Gasteiger partial charge on any atom is -0.337 e. The highest BCUT2D eigenvalue weighted by Gasteiger charge is 2.52. The third-order valence-electron chi connectivity index (χ3n) is 7.36. The number of anilines is 1. The predicted octanol–water partition coefficient (Wildman–Crippen LogP) is 3.16. The molecule has 11 heteroatoms. The molecule has 188 valence electrons. The summed E-state index contributed by atoms with van der Waals surface area (Å²) in [5.41, 5.74) is 0.717. The van der Waals surface area contributed by atoms with Crippen molar-refractivity contribution in [3.63, 3.8) is 0 Å². The molecular formula is C24H30F3N7O. The van der Waals surface area contributed by atoms with Crippen LogP contribution >= 0.6 is 0 Å². The molecule has 0 bridgehead atoms. The maximum Gasteiger partial charge on any atom is 0.419 e. The first-order valence-electron chi connectivity index (χ1n) is 12.0. The van der Waals surface area contributed by atoms with Crippen molar-refractivity contribution in [1.82, 2.24) is 30.1 Å². The fourth-order valence-electron chi connectivity index (χ4n) is 5.87. The van der Waals surface area contributed by atoms with Crippen molar-refractivity contribution in [1.29, 1.82) is 0 Å². The molecular weight excluding hydrogens is 459 g/mol. The Kier molecular flexibility index (Phi) is 6.06. The van der Waals surface area contributed by atoms with E-state index >= 15 is 0 Å². The minimum atomic E-state index is -4.46. The first-order valence-corrected chi connectivity index (χ1v) is 12.0. The largest absolute Gasteiger partial charge is 0.419 e. The number of urea groups is 1. The van der Waals surface area contributed by atoms with E-state index in [1.54, 1.807) is 0 Å². The van der Waals surface area contributed by atoms with Gasteiger partial charge in [-0.1, -0.05) is 0 Å². The number of hydrogen-bond acceptors (Lipinski definition) is 6. The van der Waals surface area contributed by atoms with Gasteiger partial charge in [0.05, 0.1) is 5.56 Å². The Hall–Kier alpha value is -2.95. The van der Waals surface area contributed by atoms with E-state index in [0.717, 1.165) is 44.9 Å². The van der Waals surface area contributed by atoms with Crippen molar-refractivity contribution in [3.05, 3.63) is 48.0 Å². The van der Waals surface area contributed by atoms with E-state index in [0.29, 0.717) is 18.5 Å². The number of nitrogens with zero attached hydrogens (tertiary/aromatic N) is 6. The van der Waals surface area contributed by atoms with Gasteiger partial charge in [-0.15, -0.1) is 0 Å². The Morgan fingerprint density at radius 2 is 1.69 bits per heavy atom. The number of carbonyl (C=O) groups excluding carboxylic acids is 1. The van der Waals surface area contributed by atoms with E-state index in [1.165, 1.54) is 5.56 Å². The summed E-state index contributed by atoms with van der Waals surface area (Å²) in [5, 5.41) is 3.20. The molecule has 0 aromatic carbocycles. The summed E-state index contributed by atoms with van der Waals surface area (Å²) >= 11 is 0. The number of aromatic nitrogens is 3. The van der Waals surface area contributed by atoms with E-state index in [-0.39, 0.29) is 30.1 Å². The number of halogens is 3. The molecule has 4 heterocycles. The fraction of sp³-hybridized carbons (Fsp3) is 0.583. The zero-order valence-corrected chi connectivity index (χ0v) is 19.9. The second kappa shape index (κ2) is 8.92. The van der Waals surface area contributed by atoms with Crippen LogP contribution in [0.3, 0.4) is 0 Å². The molecule has 1 saturated carbocycles. The second-order valence-corrected chi connectivity index (χ2v) is 10.3. The highest BCUT2D eigenvalue weighted by Crippen LogP contribution is 2.48. The summed E-state index contributed by atoms with van der Waals surface area (Å²) in [6.45, 7) is 7.85. The normalized spacial score (nSPS) is 24.7. The molecule has 1 aliphatic carbocycles. The average Bonchev–Trinajstić information content (AvgIpc) is 2.76. The molecule has 35 heavy (non-hydrogen) atoms. The van der Waals surface area contributed by atoms with Crippen molar-refractivity contribution >= 4 is 12.0 Å². The maximum absolute atomic E-state index is 13.1. The standard InChI is InChI=1S/C24H30F3N7O/c1-16-11-33(21-29-9-19(10-30-21)24(25,26)27)12-17(2)34(16)22(35)31-20-7-23(8-20)14-32(15-23)13-18-3-5-28-6-4-18/h3-6,9-10,16-17,20H,7-8,11-15H2,1-2H3,(H,31,35)/t16-,17+. The van der Waals surface area contributed by atoms with Crippen LogP contribution in [-0.2, 0) is 12.7 Å². The molecule has 2 aromatic rings. The van der Waals surface area contributed by atoms with Crippen molar-refractivity contribution in [2.24, 2.45) is 5.41 Å². The van der Waals surface area contributed by atoms with Gasteiger partial charge in [0, 0.05) is 75.6 Å². The Bertz CT molecular complexity index is 1020. The summed E-state index contributed by atoms with van der Waals surface area (Å²) in [6, 6.07) is 3.93. The van der Waals surface area contributed by atoms with Gasteiger partial charge in [-0.3, -0.25) is 9.88 Å². The van der Waals surface area contributed by atoms with E-state index in [1.807, 2.05) is 48.2 Å². The molecule has 0 radical (unpaired) electrons. The smallest absolute Gasteiger partial charge is 0.337 e. The van der Waals surface area contributed by atoms with E-state index in [2.05, 4.69) is 25.2 Å². The van der Waals surface area contributed by atoms with Gasteiger partial charge in [0.2, 0.25) is 5.95 Å². The van der Waals surface area contributed by atoms with Crippen molar-refractivity contribution in [3.8, 4) is 0 Å². The Balaban J connectivity index is 1.09. The van der Waals surface area contributed by atoms with Crippen molar-refractivity contribution in [2.75, 3.05) is 31.1 Å². The molecule has 3 aliphatic rings. The topological polar surface area (TPSA) is 77.5 Å². The van der Waals surface area contributed by atoms with Crippen LogP contribution in [0.2, 0.25) is 0 Å². The zero-order chi connectivity index (χ0) is 24.8. The van der Waals surface area contributed by atoms with Crippen molar-refractivity contribution < 1.29 is 18.0 Å². The first kappa shape index (κ1) is 23.8. The van der Waals surface area contributed by atoms with Crippen LogP contribution in [0, 0.1) is 5.41 Å². The molecule has 1 spiro atoms. The Morgan fingerprint density at radius 3 is 2.26 bits per heavy atom. The SMILES string of the molecule is C[C@@H]1CN(c2ncc(C(F)(F)F)cn2)C[C@H](C)N1C(=O)NC1CC2(C1)CN(Cc1ccncc1)C2. The summed E-state index contributed by atoms with van der Waals surface area (Å²) in [6.07, 6.45) is 2.77. The zero-order valence-electron chi connectivity index (χ0n) is 19.9. The van der Waals surface area contributed by atoms with Crippen LogP contribution in [0.15, 0.2) is 36.9 Å². The van der Waals surface area contributed by atoms with E-state index < -0.39 is 11.7 Å². The lowest BCUT2D eigenvalue weighted by Gasteiger charge is -2.59. The minimum absolute atomic E-state index is 0.0780. The van der Waals surface area contributed by atoms with Gasteiger partial charge in [-0.05, 0) is 49.8 Å². The van der Waals surface area contributed by atoms with Gasteiger partial charge in [0.25, 0.3) is 0 Å². The van der Waals surface area contributed by atoms with Crippen LogP contribution < -0.4 is 10.2 Å². The number of rotatable bonds is 4. The molecule has 3 fully saturated rings. The molecule has 2 aliphatic heterocycles. The third-order valence-corrected chi connectivity index (χ3v) is 7.36. The molecule has 2 saturated heterocycles. The maximum atomic E-state index is 13.1. The van der Waals surface area contributed by atoms with Crippen LogP contribution in [0.25, 0.3) is 0 Å². The molecule has 2 aromatic heterocycles. The highest BCUT2D eigenvalue weighted by atomic mass is 19.4. The number of hydrogen-bond donors (Lipinski definition) is 1. The molecule has 8 nitrogen and oxygen atoms in total. The Labute approximate surface area is 202 Å². The first-order chi connectivity index (χ1) is 16.6. The van der Waals surface area contributed by atoms with Crippen LogP contribution in [-0.4, -0.2) is 75.1 Å². The predicted molar refractivity (Wildman–Crippen MR) is 124 cm³/mol. The summed E-state index contributed by atoms with van der Waals surface area (Å²) in [5.74, 6) is 0.249. The fourth-order valence-corrected chi connectivity index (χ4v) is 5.87. The number of nitrogens with one attached hydrogen (secondary N) is 1. The number of pyridine rings is 1. The summed E-state index contributed by atoms with van der Waals surface area (Å²) < 4.78 is 38.4. The summed E-state index contributed by atoms with van der Waals surface area (Å²) in [4.78, 5) is 31.1. The number of piperazine rings is 1. The molecule has 2 amide bonds. The lowest BCUT2D eigenvalue weighted by Crippen LogP contribution is -2.68.